The molecule has 0 unspecified atom stereocenters. The van der Waals surface area contributed by atoms with Gasteiger partial charge in [0.15, 0.2) is 5.82 Å². The zero-order chi connectivity index (χ0) is 13.9. The van der Waals surface area contributed by atoms with Gasteiger partial charge in [0.05, 0.1) is 0 Å². The number of rotatable bonds is 2. The molecule has 1 aliphatic carbocycles. The average molecular weight is 278 g/mol. The van der Waals surface area contributed by atoms with Crippen molar-refractivity contribution in [1.82, 2.24) is 20.4 Å². The molecule has 1 aromatic heterocycles. The minimum atomic E-state index is -0.0636. The molecule has 0 aromatic carbocycles. The summed E-state index contributed by atoms with van der Waals surface area (Å²) >= 11 is 0. The van der Waals surface area contributed by atoms with E-state index in [4.69, 9.17) is 4.52 Å². The van der Waals surface area contributed by atoms with E-state index in [0.717, 1.165) is 38.6 Å². The SMILES string of the molecule is Cc1noc([C@@H]2CCCCN2C(=O)NC2CCCC2)n1. The maximum absolute atomic E-state index is 12.5. The number of carbonyl (C=O) groups is 1. The number of likely N-dealkylation sites (tertiary alicyclic amines) is 1. The molecule has 2 aliphatic rings. The summed E-state index contributed by atoms with van der Waals surface area (Å²) in [5.41, 5.74) is 0. The molecule has 2 heterocycles. The van der Waals surface area contributed by atoms with Crippen molar-refractivity contribution in [2.75, 3.05) is 6.54 Å². The molecule has 1 saturated heterocycles. The highest BCUT2D eigenvalue weighted by atomic mass is 16.5. The fourth-order valence-corrected chi connectivity index (χ4v) is 3.21. The Bertz CT molecular complexity index is 467. The largest absolute Gasteiger partial charge is 0.337 e. The number of carbonyl (C=O) groups excluding carboxylic acids is 1. The van der Waals surface area contributed by atoms with Crippen LogP contribution in [0.15, 0.2) is 4.52 Å². The fraction of sp³-hybridized carbons (Fsp3) is 0.786. The Morgan fingerprint density at radius 2 is 2.00 bits per heavy atom. The highest BCUT2D eigenvalue weighted by molar-refractivity contribution is 5.75. The lowest BCUT2D eigenvalue weighted by Crippen LogP contribution is -2.47. The predicted octanol–water partition coefficient (Wildman–Crippen LogP) is 2.56. The number of hydrogen-bond donors (Lipinski definition) is 1. The van der Waals surface area contributed by atoms with E-state index in [2.05, 4.69) is 15.5 Å². The van der Waals surface area contributed by atoms with Crippen molar-refractivity contribution in [3.63, 3.8) is 0 Å². The Kier molecular flexibility index (Phi) is 3.89. The third-order valence-corrected chi connectivity index (χ3v) is 4.27. The number of nitrogens with zero attached hydrogens (tertiary/aromatic N) is 3. The van der Waals surface area contributed by atoms with Crippen LogP contribution in [-0.2, 0) is 0 Å². The molecular formula is C14H22N4O2. The van der Waals surface area contributed by atoms with Gasteiger partial charge in [0.2, 0.25) is 5.89 Å². The maximum Gasteiger partial charge on any atom is 0.318 e. The van der Waals surface area contributed by atoms with Crippen LogP contribution in [0.1, 0.15) is 62.7 Å². The van der Waals surface area contributed by atoms with Gasteiger partial charge in [0.1, 0.15) is 6.04 Å². The third-order valence-electron chi connectivity index (χ3n) is 4.27. The summed E-state index contributed by atoms with van der Waals surface area (Å²) in [5, 5.41) is 7.00. The molecular weight excluding hydrogens is 256 g/mol. The molecule has 3 rings (SSSR count). The summed E-state index contributed by atoms with van der Waals surface area (Å²) in [6.45, 7) is 2.57. The quantitative estimate of drug-likeness (QED) is 0.902. The smallest absolute Gasteiger partial charge is 0.318 e. The first-order chi connectivity index (χ1) is 9.74. The molecule has 1 atom stereocenters. The second-order valence-corrected chi connectivity index (χ2v) is 5.82. The number of piperidine rings is 1. The highest BCUT2D eigenvalue weighted by Gasteiger charge is 2.33. The lowest BCUT2D eigenvalue weighted by atomic mass is 10.0. The topological polar surface area (TPSA) is 71.3 Å². The van der Waals surface area contributed by atoms with Gasteiger partial charge in [0.25, 0.3) is 0 Å². The Morgan fingerprint density at radius 1 is 1.25 bits per heavy atom. The van der Waals surface area contributed by atoms with Crippen LogP contribution in [0, 0.1) is 6.92 Å². The van der Waals surface area contributed by atoms with Gasteiger partial charge in [-0.15, -0.1) is 0 Å². The molecule has 6 heteroatoms. The molecule has 1 saturated carbocycles. The molecule has 0 bridgehead atoms. The van der Waals surface area contributed by atoms with Crippen LogP contribution in [0.5, 0.6) is 0 Å². The summed E-state index contributed by atoms with van der Waals surface area (Å²) in [5.74, 6) is 1.20. The maximum atomic E-state index is 12.5. The molecule has 0 radical (unpaired) electrons. The lowest BCUT2D eigenvalue weighted by molar-refractivity contribution is 0.129. The minimum absolute atomic E-state index is 0.0254. The van der Waals surface area contributed by atoms with Gasteiger partial charge in [-0.05, 0) is 39.0 Å². The molecule has 6 nitrogen and oxygen atoms in total. The first-order valence-corrected chi connectivity index (χ1v) is 7.61. The summed E-state index contributed by atoms with van der Waals surface area (Å²) in [6.07, 6.45) is 7.68. The predicted molar refractivity (Wildman–Crippen MR) is 73.1 cm³/mol. The van der Waals surface area contributed by atoms with Crippen molar-refractivity contribution in [3.8, 4) is 0 Å². The van der Waals surface area contributed by atoms with Gasteiger partial charge in [-0.25, -0.2) is 4.79 Å². The number of aromatic nitrogens is 2. The first kappa shape index (κ1) is 13.4. The van der Waals surface area contributed by atoms with Crippen LogP contribution in [0.3, 0.4) is 0 Å². The second-order valence-electron chi connectivity index (χ2n) is 5.82. The van der Waals surface area contributed by atoms with Crippen molar-refractivity contribution in [1.29, 1.82) is 0 Å². The average Bonchev–Trinajstić information content (AvgIpc) is 3.10. The second kappa shape index (κ2) is 5.81. The molecule has 110 valence electrons. The van der Waals surface area contributed by atoms with E-state index in [-0.39, 0.29) is 12.1 Å². The van der Waals surface area contributed by atoms with Gasteiger partial charge in [-0.2, -0.15) is 4.98 Å². The number of nitrogens with one attached hydrogen (secondary N) is 1. The Balaban J connectivity index is 1.69. The summed E-state index contributed by atoms with van der Waals surface area (Å²) in [6, 6.07) is 0.304. The molecule has 2 amide bonds. The monoisotopic (exact) mass is 278 g/mol. The van der Waals surface area contributed by atoms with Crippen molar-refractivity contribution in [2.24, 2.45) is 0 Å². The zero-order valence-corrected chi connectivity index (χ0v) is 12.0. The number of amides is 2. The molecule has 1 aromatic rings. The Morgan fingerprint density at radius 3 is 2.70 bits per heavy atom. The van der Waals surface area contributed by atoms with Crippen molar-refractivity contribution >= 4 is 6.03 Å². The molecule has 1 aliphatic heterocycles. The van der Waals surface area contributed by atoms with E-state index in [1.54, 1.807) is 6.92 Å². The normalized spacial score (nSPS) is 24.1. The van der Waals surface area contributed by atoms with Gasteiger partial charge in [-0.1, -0.05) is 18.0 Å². The third kappa shape index (κ3) is 2.78. The first-order valence-electron chi connectivity index (χ1n) is 7.61. The fourth-order valence-electron chi connectivity index (χ4n) is 3.21. The molecule has 2 fully saturated rings. The zero-order valence-electron chi connectivity index (χ0n) is 12.0. The minimum Gasteiger partial charge on any atom is -0.337 e. The molecule has 1 N–H and O–H groups in total. The van der Waals surface area contributed by atoms with E-state index >= 15 is 0 Å². The van der Waals surface area contributed by atoms with Crippen molar-refractivity contribution < 1.29 is 9.32 Å². The highest BCUT2D eigenvalue weighted by Crippen LogP contribution is 2.30. The van der Waals surface area contributed by atoms with Crippen LogP contribution in [0.25, 0.3) is 0 Å². The standard InChI is InChI=1S/C14H22N4O2/c1-10-15-13(20-17-10)12-8-4-5-9-18(12)14(19)16-11-6-2-3-7-11/h11-12H,2-9H2,1H3,(H,16,19)/t12-/m0/s1. The Labute approximate surface area is 118 Å². The van der Waals surface area contributed by atoms with Gasteiger partial charge < -0.3 is 14.7 Å². The lowest BCUT2D eigenvalue weighted by Gasteiger charge is -2.34. The van der Waals surface area contributed by atoms with E-state index in [1.807, 2.05) is 4.90 Å². The Hall–Kier alpha value is -1.59. The van der Waals surface area contributed by atoms with Crippen molar-refractivity contribution in [3.05, 3.63) is 11.7 Å². The molecule has 0 spiro atoms. The van der Waals surface area contributed by atoms with Crippen molar-refractivity contribution in [2.45, 2.75) is 64.0 Å². The summed E-state index contributed by atoms with van der Waals surface area (Å²) in [7, 11) is 0. The number of aryl methyl sites for hydroxylation is 1. The summed E-state index contributed by atoms with van der Waals surface area (Å²) in [4.78, 5) is 18.6. The van der Waals surface area contributed by atoms with Crippen LogP contribution in [-0.4, -0.2) is 33.7 Å². The van der Waals surface area contributed by atoms with E-state index in [1.165, 1.54) is 12.8 Å². The number of hydrogen-bond acceptors (Lipinski definition) is 4. The van der Waals surface area contributed by atoms with Crippen LogP contribution in [0.4, 0.5) is 4.79 Å². The summed E-state index contributed by atoms with van der Waals surface area (Å²) < 4.78 is 5.27. The van der Waals surface area contributed by atoms with E-state index < -0.39 is 0 Å². The van der Waals surface area contributed by atoms with E-state index in [9.17, 15) is 4.79 Å². The molecule has 20 heavy (non-hydrogen) atoms. The van der Waals surface area contributed by atoms with Crippen LogP contribution < -0.4 is 5.32 Å². The number of urea groups is 1. The van der Waals surface area contributed by atoms with Crippen LogP contribution in [0.2, 0.25) is 0 Å². The van der Waals surface area contributed by atoms with Crippen LogP contribution >= 0.6 is 0 Å². The van der Waals surface area contributed by atoms with E-state index in [0.29, 0.717) is 17.8 Å². The van der Waals surface area contributed by atoms with Gasteiger partial charge in [-0.3, -0.25) is 0 Å². The van der Waals surface area contributed by atoms with Gasteiger partial charge in [0, 0.05) is 12.6 Å². The van der Waals surface area contributed by atoms with Gasteiger partial charge >= 0.3 is 6.03 Å².